The number of nitrogens with zero attached hydrogens (tertiary/aromatic N) is 1. The van der Waals surface area contributed by atoms with Crippen molar-refractivity contribution >= 4 is 0 Å². The standard InChI is InChI=1S/C16H20N2O2/c17-10-11-19-16-14(12-6-4-5-7-12)15(20-18-16)13-8-2-1-3-9-13/h1-3,8-9,12H,4-7,10-11,17H2. The number of hydrogen-bond donors (Lipinski definition) is 1. The number of benzene rings is 1. The Labute approximate surface area is 118 Å². The van der Waals surface area contributed by atoms with Crippen LogP contribution >= 0.6 is 0 Å². The Morgan fingerprint density at radius 3 is 2.65 bits per heavy atom. The summed E-state index contributed by atoms with van der Waals surface area (Å²) in [7, 11) is 0. The predicted molar refractivity (Wildman–Crippen MR) is 77.7 cm³/mol. The molecule has 1 saturated carbocycles. The van der Waals surface area contributed by atoms with Crippen LogP contribution in [0.15, 0.2) is 34.9 Å². The van der Waals surface area contributed by atoms with Gasteiger partial charge in [-0.15, -0.1) is 0 Å². The van der Waals surface area contributed by atoms with E-state index in [2.05, 4.69) is 5.16 Å². The largest absolute Gasteiger partial charge is 0.474 e. The maximum Gasteiger partial charge on any atom is 0.258 e. The summed E-state index contributed by atoms with van der Waals surface area (Å²) in [6.07, 6.45) is 4.89. The highest BCUT2D eigenvalue weighted by atomic mass is 16.5. The van der Waals surface area contributed by atoms with Gasteiger partial charge in [-0.3, -0.25) is 0 Å². The first-order valence-corrected chi connectivity index (χ1v) is 7.28. The molecular weight excluding hydrogens is 252 g/mol. The van der Waals surface area contributed by atoms with E-state index in [0.29, 0.717) is 24.9 Å². The molecule has 1 aliphatic carbocycles. The fourth-order valence-electron chi connectivity index (χ4n) is 2.91. The van der Waals surface area contributed by atoms with Crippen molar-refractivity contribution in [3.63, 3.8) is 0 Å². The van der Waals surface area contributed by atoms with Crippen LogP contribution in [0, 0.1) is 0 Å². The van der Waals surface area contributed by atoms with Crippen molar-refractivity contribution in [1.82, 2.24) is 5.16 Å². The van der Waals surface area contributed by atoms with Crippen molar-refractivity contribution in [2.24, 2.45) is 5.73 Å². The summed E-state index contributed by atoms with van der Waals surface area (Å²) in [6.45, 7) is 0.956. The van der Waals surface area contributed by atoms with Gasteiger partial charge in [-0.05, 0) is 23.9 Å². The lowest BCUT2D eigenvalue weighted by atomic mass is 9.95. The zero-order valence-electron chi connectivity index (χ0n) is 11.5. The Hall–Kier alpha value is -1.81. The molecule has 4 nitrogen and oxygen atoms in total. The summed E-state index contributed by atoms with van der Waals surface area (Å²) >= 11 is 0. The molecule has 4 heteroatoms. The van der Waals surface area contributed by atoms with Crippen LogP contribution in [0.4, 0.5) is 0 Å². The van der Waals surface area contributed by atoms with Gasteiger partial charge in [0.1, 0.15) is 6.61 Å². The minimum atomic E-state index is 0.473. The molecule has 1 aliphatic rings. The fraction of sp³-hybridized carbons (Fsp3) is 0.438. The maximum absolute atomic E-state index is 5.67. The van der Waals surface area contributed by atoms with Crippen LogP contribution in [-0.2, 0) is 0 Å². The third kappa shape index (κ3) is 2.56. The van der Waals surface area contributed by atoms with Gasteiger partial charge in [0.25, 0.3) is 5.88 Å². The van der Waals surface area contributed by atoms with Gasteiger partial charge in [-0.2, -0.15) is 0 Å². The van der Waals surface area contributed by atoms with E-state index in [1.807, 2.05) is 30.3 Å². The summed E-state index contributed by atoms with van der Waals surface area (Å²) in [4.78, 5) is 0. The van der Waals surface area contributed by atoms with E-state index in [1.54, 1.807) is 0 Å². The smallest absolute Gasteiger partial charge is 0.258 e. The second-order valence-electron chi connectivity index (χ2n) is 5.22. The second kappa shape index (κ2) is 6.09. The van der Waals surface area contributed by atoms with Crippen molar-refractivity contribution in [2.45, 2.75) is 31.6 Å². The molecule has 0 saturated heterocycles. The topological polar surface area (TPSA) is 61.3 Å². The Bertz CT molecular complexity index is 545. The van der Waals surface area contributed by atoms with Gasteiger partial charge in [0.15, 0.2) is 5.76 Å². The molecule has 1 fully saturated rings. The SMILES string of the molecule is NCCOc1noc(-c2ccccc2)c1C1CCCC1. The van der Waals surface area contributed by atoms with E-state index in [0.717, 1.165) is 16.9 Å². The van der Waals surface area contributed by atoms with E-state index in [-0.39, 0.29) is 0 Å². The van der Waals surface area contributed by atoms with Crippen molar-refractivity contribution in [1.29, 1.82) is 0 Å². The molecule has 1 heterocycles. The molecule has 20 heavy (non-hydrogen) atoms. The first kappa shape index (κ1) is 13.2. The molecule has 0 unspecified atom stereocenters. The highest BCUT2D eigenvalue weighted by Crippen LogP contribution is 2.43. The molecule has 0 atom stereocenters. The molecular formula is C16H20N2O2. The first-order chi connectivity index (χ1) is 9.90. The summed E-state index contributed by atoms with van der Waals surface area (Å²) in [5.74, 6) is 1.97. The maximum atomic E-state index is 5.67. The Morgan fingerprint density at radius 2 is 1.95 bits per heavy atom. The molecule has 1 aromatic heterocycles. The summed E-state index contributed by atoms with van der Waals surface area (Å²) in [5.41, 5.74) is 7.70. The number of aromatic nitrogens is 1. The zero-order valence-corrected chi connectivity index (χ0v) is 11.5. The Kier molecular flexibility index (Phi) is 4.02. The molecule has 2 aromatic rings. The summed E-state index contributed by atoms with van der Waals surface area (Å²) in [6, 6.07) is 10.1. The van der Waals surface area contributed by atoms with Gasteiger partial charge in [-0.1, -0.05) is 43.2 Å². The highest BCUT2D eigenvalue weighted by molar-refractivity contribution is 5.64. The van der Waals surface area contributed by atoms with Crippen LogP contribution in [0.25, 0.3) is 11.3 Å². The molecule has 0 bridgehead atoms. The molecule has 1 aromatic carbocycles. The monoisotopic (exact) mass is 272 g/mol. The molecule has 0 amide bonds. The zero-order chi connectivity index (χ0) is 13.8. The van der Waals surface area contributed by atoms with E-state index in [1.165, 1.54) is 25.7 Å². The lowest BCUT2D eigenvalue weighted by Gasteiger charge is -2.11. The predicted octanol–water partition coefficient (Wildman–Crippen LogP) is 3.34. The van der Waals surface area contributed by atoms with Crippen LogP contribution in [0.5, 0.6) is 5.88 Å². The van der Waals surface area contributed by atoms with Crippen molar-refractivity contribution in [3.8, 4) is 17.2 Å². The minimum absolute atomic E-state index is 0.473. The van der Waals surface area contributed by atoms with Crippen LogP contribution in [0.2, 0.25) is 0 Å². The minimum Gasteiger partial charge on any atom is -0.474 e. The van der Waals surface area contributed by atoms with Crippen molar-refractivity contribution in [3.05, 3.63) is 35.9 Å². The molecule has 106 valence electrons. The van der Waals surface area contributed by atoms with E-state index < -0.39 is 0 Å². The van der Waals surface area contributed by atoms with Crippen molar-refractivity contribution in [2.75, 3.05) is 13.2 Å². The molecule has 0 aliphatic heterocycles. The van der Waals surface area contributed by atoms with Crippen LogP contribution in [0.1, 0.15) is 37.2 Å². The van der Waals surface area contributed by atoms with E-state index >= 15 is 0 Å². The lowest BCUT2D eigenvalue weighted by molar-refractivity contribution is 0.286. The molecule has 2 N–H and O–H groups in total. The van der Waals surface area contributed by atoms with E-state index in [4.69, 9.17) is 15.0 Å². The van der Waals surface area contributed by atoms with Crippen LogP contribution in [-0.4, -0.2) is 18.3 Å². The van der Waals surface area contributed by atoms with Gasteiger partial charge in [-0.25, -0.2) is 0 Å². The molecule has 0 spiro atoms. The van der Waals surface area contributed by atoms with Gasteiger partial charge >= 0.3 is 0 Å². The van der Waals surface area contributed by atoms with E-state index in [9.17, 15) is 0 Å². The van der Waals surface area contributed by atoms with Crippen molar-refractivity contribution < 1.29 is 9.26 Å². The fourth-order valence-corrected chi connectivity index (χ4v) is 2.91. The third-order valence-electron chi connectivity index (χ3n) is 3.85. The highest BCUT2D eigenvalue weighted by Gasteiger charge is 2.28. The van der Waals surface area contributed by atoms with Crippen LogP contribution < -0.4 is 10.5 Å². The van der Waals surface area contributed by atoms with Gasteiger partial charge in [0, 0.05) is 12.1 Å². The normalized spacial score (nSPS) is 15.7. The average molecular weight is 272 g/mol. The quantitative estimate of drug-likeness (QED) is 0.906. The average Bonchev–Trinajstić information content (AvgIpc) is 3.14. The molecule has 0 radical (unpaired) electrons. The van der Waals surface area contributed by atoms with Gasteiger partial charge in [0.2, 0.25) is 0 Å². The lowest BCUT2D eigenvalue weighted by Crippen LogP contribution is -2.12. The molecule has 3 rings (SSSR count). The first-order valence-electron chi connectivity index (χ1n) is 7.28. The Morgan fingerprint density at radius 1 is 1.20 bits per heavy atom. The summed E-state index contributed by atoms with van der Waals surface area (Å²) < 4.78 is 11.2. The summed E-state index contributed by atoms with van der Waals surface area (Å²) in [5, 5.41) is 4.12. The number of nitrogens with two attached hydrogens (primary N) is 1. The number of hydrogen-bond acceptors (Lipinski definition) is 4. The van der Waals surface area contributed by atoms with Crippen LogP contribution in [0.3, 0.4) is 0 Å². The number of rotatable bonds is 5. The van der Waals surface area contributed by atoms with Gasteiger partial charge < -0.3 is 15.0 Å². The van der Waals surface area contributed by atoms with Gasteiger partial charge in [0.05, 0.1) is 5.56 Å². The number of ether oxygens (including phenoxy) is 1. The third-order valence-corrected chi connectivity index (χ3v) is 3.85. The second-order valence-corrected chi connectivity index (χ2v) is 5.22. The Balaban J connectivity index is 1.98.